The largest absolute Gasteiger partial charge is 0.494 e. The number of amides is 2. The minimum Gasteiger partial charge on any atom is -0.494 e. The van der Waals surface area contributed by atoms with Gasteiger partial charge >= 0.3 is 0 Å². The maximum absolute atomic E-state index is 13.6. The van der Waals surface area contributed by atoms with Crippen LogP contribution in [-0.2, 0) is 19.6 Å². The number of hydrogen-bond acceptors (Lipinski definition) is 5. The molecule has 34 heavy (non-hydrogen) atoms. The van der Waals surface area contributed by atoms with Gasteiger partial charge in [-0.3, -0.25) is 14.5 Å². The molecule has 1 atom stereocenters. The standard InChI is InChI=1S/C25H31N3O5S/c1-3-33-21-15-13-20(14-16-21)28-23(29)17-27(34(31,32)22-11-5-4-6-12-22)18-25(28,2)24(30)26-19-9-7-8-10-19/h4-6,11-16,19H,3,7-10,17-18H2,1-2H3,(H,26,30). The number of hydrogen-bond donors (Lipinski definition) is 1. The van der Waals surface area contributed by atoms with Gasteiger partial charge in [-0.25, -0.2) is 8.42 Å². The van der Waals surface area contributed by atoms with Gasteiger partial charge in [0.15, 0.2) is 0 Å². The third kappa shape index (κ3) is 4.67. The zero-order valence-electron chi connectivity index (χ0n) is 19.6. The maximum atomic E-state index is 13.6. The Morgan fingerprint density at radius 3 is 2.35 bits per heavy atom. The van der Waals surface area contributed by atoms with E-state index in [0.717, 1.165) is 30.0 Å². The number of carbonyl (C=O) groups excluding carboxylic acids is 2. The van der Waals surface area contributed by atoms with Crippen molar-refractivity contribution in [3.05, 3.63) is 54.6 Å². The van der Waals surface area contributed by atoms with Crippen molar-refractivity contribution in [2.24, 2.45) is 0 Å². The number of anilines is 1. The highest BCUT2D eigenvalue weighted by molar-refractivity contribution is 7.89. The summed E-state index contributed by atoms with van der Waals surface area (Å²) in [5.41, 5.74) is -0.901. The van der Waals surface area contributed by atoms with E-state index in [0.29, 0.717) is 18.0 Å². The second-order valence-corrected chi connectivity index (χ2v) is 10.9. The van der Waals surface area contributed by atoms with E-state index < -0.39 is 21.5 Å². The van der Waals surface area contributed by atoms with Crippen molar-refractivity contribution in [2.75, 3.05) is 24.6 Å². The van der Waals surface area contributed by atoms with E-state index in [9.17, 15) is 18.0 Å². The molecule has 1 aliphatic heterocycles. The number of benzene rings is 2. The third-order valence-corrected chi connectivity index (χ3v) is 8.31. The van der Waals surface area contributed by atoms with Crippen molar-refractivity contribution in [2.45, 2.75) is 56.0 Å². The molecule has 0 spiro atoms. The van der Waals surface area contributed by atoms with Crippen LogP contribution in [0.1, 0.15) is 39.5 Å². The normalized spacial score (nSPS) is 22.1. The fourth-order valence-corrected chi connectivity index (χ4v) is 6.25. The van der Waals surface area contributed by atoms with Crippen molar-refractivity contribution in [3.63, 3.8) is 0 Å². The van der Waals surface area contributed by atoms with Crippen molar-refractivity contribution < 1.29 is 22.7 Å². The van der Waals surface area contributed by atoms with Crippen LogP contribution in [0.2, 0.25) is 0 Å². The lowest BCUT2D eigenvalue weighted by Crippen LogP contribution is -2.70. The maximum Gasteiger partial charge on any atom is 0.247 e. The number of nitrogens with one attached hydrogen (secondary N) is 1. The quantitative estimate of drug-likeness (QED) is 0.651. The molecule has 1 saturated carbocycles. The van der Waals surface area contributed by atoms with Gasteiger partial charge in [0.25, 0.3) is 0 Å². The Balaban J connectivity index is 1.70. The van der Waals surface area contributed by atoms with Gasteiger partial charge in [0.1, 0.15) is 11.3 Å². The van der Waals surface area contributed by atoms with E-state index in [-0.39, 0.29) is 29.9 Å². The van der Waals surface area contributed by atoms with E-state index in [1.54, 1.807) is 49.4 Å². The van der Waals surface area contributed by atoms with Crippen LogP contribution in [0, 0.1) is 0 Å². The summed E-state index contributed by atoms with van der Waals surface area (Å²) in [5, 5.41) is 3.07. The summed E-state index contributed by atoms with van der Waals surface area (Å²) in [6, 6.07) is 15.0. The van der Waals surface area contributed by atoms with Crippen molar-refractivity contribution in [1.82, 2.24) is 9.62 Å². The molecule has 2 aromatic rings. The highest BCUT2D eigenvalue weighted by Gasteiger charge is 2.51. The van der Waals surface area contributed by atoms with Crippen molar-refractivity contribution in [1.29, 1.82) is 0 Å². The number of sulfonamides is 1. The summed E-state index contributed by atoms with van der Waals surface area (Å²) < 4.78 is 33.3. The zero-order chi connectivity index (χ0) is 24.3. The van der Waals surface area contributed by atoms with Gasteiger partial charge in [-0.15, -0.1) is 0 Å². The Labute approximate surface area is 200 Å². The molecule has 2 fully saturated rings. The monoisotopic (exact) mass is 485 g/mol. The van der Waals surface area contributed by atoms with Gasteiger partial charge in [-0.1, -0.05) is 31.0 Å². The van der Waals surface area contributed by atoms with Gasteiger partial charge in [-0.05, 0) is 63.1 Å². The molecule has 0 radical (unpaired) electrons. The Morgan fingerprint density at radius 1 is 1.09 bits per heavy atom. The lowest BCUT2D eigenvalue weighted by molar-refractivity contribution is -0.133. The fourth-order valence-electron chi connectivity index (χ4n) is 4.75. The van der Waals surface area contributed by atoms with Gasteiger partial charge in [-0.2, -0.15) is 4.31 Å². The van der Waals surface area contributed by atoms with E-state index >= 15 is 0 Å². The molecular formula is C25H31N3O5S. The number of ether oxygens (including phenoxy) is 1. The van der Waals surface area contributed by atoms with Crippen LogP contribution in [-0.4, -0.2) is 55.8 Å². The first-order valence-corrected chi connectivity index (χ1v) is 13.1. The molecule has 182 valence electrons. The summed E-state index contributed by atoms with van der Waals surface area (Å²) in [5.74, 6) is -0.158. The van der Waals surface area contributed by atoms with Crippen LogP contribution in [0.5, 0.6) is 5.75 Å². The first-order valence-electron chi connectivity index (χ1n) is 11.7. The molecular weight excluding hydrogens is 454 g/mol. The molecule has 2 amide bonds. The minimum absolute atomic E-state index is 0.0303. The highest BCUT2D eigenvalue weighted by atomic mass is 32.2. The van der Waals surface area contributed by atoms with Crippen LogP contribution in [0.15, 0.2) is 59.5 Å². The van der Waals surface area contributed by atoms with Crippen LogP contribution in [0.25, 0.3) is 0 Å². The molecule has 4 rings (SSSR count). The summed E-state index contributed by atoms with van der Waals surface area (Å²) in [6.07, 6.45) is 3.84. The Kier molecular flexibility index (Phi) is 6.95. The predicted molar refractivity (Wildman–Crippen MR) is 129 cm³/mol. The van der Waals surface area contributed by atoms with E-state index in [2.05, 4.69) is 5.32 Å². The number of piperazine rings is 1. The molecule has 8 nitrogen and oxygen atoms in total. The molecule has 1 unspecified atom stereocenters. The van der Waals surface area contributed by atoms with E-state index in [4.69, 9.17) is 4.74 Å². The number of carbonyl (C=O) groups is 2. The smallest absolute Gasteiger partial charge is 0.247 e. The average Bonchev–Trinajstić information content (AvgIpc) is 3.33. The van der Waals surface area contributed by atoms with Gasteiger partial charge in [0.05, 0.1) is 18.0 Å². The molecule has 9 heteroatoms. The Bertz CT molecular complexity index is 1130. The molecule has 0 bridgehead atoms. The number of nitrogens with zero attached hydrogens (tertiary/aromatic N) is 2. The van der Waals surface area contributed by atoms with Crippen molar-refractivity contribution in [3.8, 4) is 5.75 Å². The van der Waals surface area contributed by atoms with E-state index in [1.807, 2.05) is 6.92 Å². The summed E-state index contributed by atoms with van der Waals surface area (Å²) >= 11 is 0. The molecule has 1 heterocycles. The first kappa shape index (κ1) is 24.2. The molecule has 1 aliphatic carbocycles. The summed E-state index contributed by atoms with van der Waals surface area (Å²) in [7, 11) is -3.96. The topological polar surface area (TPSA) is 96.0 Å². The average molecular weight is 486 g/mol. The molecule has 0 aromatic heterocycles. The van der Waals surface area contributed by atoms with Gasteiger partial charge in [0.2, 0.25) is 21.8 Å². The SMILES string of the molecule is CCOc1ccc(N2C(=O)CN(S(=O)(=O)c3ccccc3)CC2(C)C(=O)NC2CCCC2)cc1. The van der Waals surface area contributed by atoms with Crippen molar-refractivity contribution >= 4 is 27.5 Å². The Hall–Kier alpha value is -2.91. The molecule has 1 N–H and O–H groups in total. The predicted octanol–water partition coefficient (Wildman–Crippen LogP) is 2.94. The molecule has 2 aliphatic rings. The van der Waals surface area contributed by atoms with Crippen LogP contribution < -0.4 is 15.0 Å². The van der Waals surface area contributed by atoms with Crippen LogP contribution in [0.4, 0.5) is 5.69 Å². The summed E-state index contributed by atoms with van der Waals surface area (Å²) in [4.78, 5) is 28.6. The van der Waals surface area contributed by atoms with Gasteiger partial charge in [0, 0.05) is 18.3 Å². The number of rotatable bonds is 7. The lowest BCUT2D eigenvalue weighted by atomic mass is 9.94. The fraction of sp³-hybridized carbons (Fsp3) is 0.440. The third-order valence-electron chi connectivity index (χ3n) is 6.51. The van der Waals surface area contributed by atoms with Crippen LogP contribution >= 0.6 is 0 Å². The van der Waals surface area contributed by atoms with Gasteiger partial charge < -0.3 is 10.1 Å². The highest BCUT2D eigenvalue weighted by Crippen LogP contribution is 2.33. The first-order chi connectivity index (χ1) is 16.3. The minimum atomic E-state index is -3.96. The second-order valence-electron chi connectivity index (χ2n) is 8.97. The second kappa shape index (κ2) is 9.76. The summed E-state index contributed by atoms with van der Waals surface area (Å²) in [6.45, 7) is 3.53. The Morgan fingerprint density at radius 2 is 1.74 bits per heavy atom. The lowest BCUT2D eigenvalue weighted by Gasteiger charge is -2.47. The van der Waals surface area contributed by atoms with E-state index in [1.165, 1.54) is 17.0 Å². The zero-order valence-corrected chi connectivity index (χ0v) is 20.4. The molecule has 2 aromatic carbocycles. The van der Waals surface area contributed by atoms with Crippen LogP contribution in [0.3, 0.4) is 0 Å². The molecule has 1 saturated heterocycles.